The van der Waals surface area contributed by atoms with Crippen molar-refractivity contribution < 1.29 is 14.3 Å². The lowest BCUT2D eigenvalue weighted by molar-refractivity contribution is -0.143. The van der Waals surface area contributed by atoms with Crippen molar-refractivity contribution in [2.45, 2.75) is 32.8 Å². The molecule has 0 saturated heterocycles. The van der Waals surface area contributed by atoms with E-state index in [1.807, 2.05) is 0 Å². The number of amides is 1. The molecule has 0 bridgehead atoms. The van der Waals surface area contributed by atoms with Gasteiger partial charge in [0.05, 0.1) is 12.2 Å². The van der Waals surface area contributed by atoms with Crippen LogP contribution in [0.3, 0.4) is 0 Å². The molecule has 0 aliphatic carbocycles. The SMILES string of the molecule is C=C(C)C(=O)OC(C)CCC(C#N)C(N)=O. The van der Waals surface area contributed by atoms with Crippen LogP contribution in [0.5, 0.6) is 0 Å². The first-order valence-corrected chi connectivity index (χ1v) is 4.94. The predicted octanol–water partition coefficient (Wildman–Crippen LogP) is 0.899. The third kappa shape index (κ3) is 5.15. The Kier molecular flexibility index (Phi) is 5.86. The molecule has 5 heteroatoms. The van der Waals surface area contributed by atoms with Crippen molar-refractivity contribution in [3.05, 3.63) is 12.2 Å². The first kappa shape index (κ1) is 14.2. The van der Waals surface area contributed by atoms with Gasteiger partial charge < -0.3 is 10.5 Å². The van der Waals surface area contributed by atoms with Gasteiger partial charge in [0, 0.05) is 5.57 Å². The molecular formula is C11H16N2O3. The van der Waals surface area contributed by atoms with E-state index in [9.17, 15) is 9.59 Å². The van der Waals surface area contributed by atoms with Crippen LogP contribution in [0.15, 0.2) is 12.2 Å². The van der Waals surface area contributed by atoms with Crippen LogP contribution in [-0.2, 0) is 14.3 Å². The average molecular weight is 224 g/mol. The van der Waals surface area contributed by atoms with Crippen molar-refractivity contribution in [3.63, 3.8) is 0 Å². The molecule has 0 spiro atoms. The molecule has 0 aliphatic heterocycles. The molecule has 0 aliphatic rings. The summed E-state index contributed by atoms with van der Waals surface area (Å²) in [5, 5.41) is 8.61. The Hall–Kier alpha value is -1.83. The molecule has 5 nitrogen and oxygen atoms in total. The first-order chi connectivity index (χ1) is 7.38. The molecule has 2 unspecified atom stereocenters. The number of carbonyl (C=O) groups excluding carboxylic acids is 2. The van der Waals surface area contributed by atoms with Gasteiger partial charge in [-0.1, -0.05) is 6.58 Å². The van der Waals surface area contributed by atoms with Gasteiger partial charge in [0.1, 0.15) is 5.92 Å². The van der Waals surface area contributed by atoms with Crippen LogP contribution >= 0.6 is 0 Å². The molecule has 0 fully saturated rings. The summed E-state index contributed by atoms with van der Waals surface area (Å²) in [5.41, 5.74) is 5.32. The fourth-order valence-electron chi connectivity index (χ4n) is 1.01. The number of carbonyl (C=O) groups is 2. The highest BCUT2D eigenvalue weighted by atomic mass is 16.5. The molecule has 0 radical (unpaired) electrons. The third-order valence-electron chi connectivity index (χ3n) is 2.02. The second-order valence-electron chi connectivity index (χ2n) is 3.66. The number of nitriles is 1. The van der Waals surface area contributed by atoms with Crippen molar-refractivity contribution >= 4 is 11.9 Å². The molecule has 0 aromatic rings. The van der Waals surface area contributed by atoms with E-state index in [0.29, 0.717) is 12.0 Å². The van der Waals surface area contributed by atoms with Gasteiger partial charge in [-0.2, -0.15) is 5.26 Å². The van der Waals surface area contributed by atoms with Gasteiger partial charge in [0.25, 0.3) is 0 Å². The minimum Gasteiger partial charge on any atom is -0.459 e. The number of esters is 1. The summed E-state index contributed by atoms with van der Waals surface area (Å²) >= 11 is 0. The van der Waals surface area contributed by atoms with Gasteiger partial charge in [0.2, 0.25) is 5.91 Å². The highest BCUT2D eigenvalue weighted by Crippen LogP contribution is 2.10. The van der Waals surface area contributed by atoms with Crippen LogP contribution in [0.2, 0.25) is 0 Å². The number of rotatable bonds is 6. The Morgan fingerprint density at radius 1 is 1.50 bits per heavy atom. The molecule has 0 saturated carbocycles. The Morgan fingerprint density at radius 2 is 2.06 bits per heavy atom. The Bertz CT molecular complexity index is 331. The summed E-state index contributed by atoms with van der Waals surface area (Å²) in [6.07, 6.45) is 0.343. The zero-order chi connectivity index (χ0) is 12.7. The number of hydrogen-bond acceptors (Lipinski definition) is 4. The van der Waals surface area contributed by atoms with Crippen LogP contribution in [0.25, 0.3) is 0 Å². The van der Waals surface area contributed by atoms with E-state index >= 15 is 0 Å². The second-order valence-corrected chi connectivity index (χ2v) is 3.66. The topological polar surface area (TPSA) is 93.2 Å². The lowest BCUT2D eigenvalue weighted by Gasteiger charge is -2.13. The van der Waals surface area contributed by atoms with Gasteiger partial charge in [-0.25, -0.2) is 4.79 Å². The van der Waals surface area contributed by atoms with Gasteiger partial charge in [-0.3, -0.25) is 4.79 Å². The van der Waals surface area contributed by atoms with Crippen molar-refractivity contribution in [1.29, 1.82) is 5.26 Å². The predicted molar refractivity (Wildman–Crippen MR) is 57.9 cm³/mol. The van der Waals surface area contributed by atoms with E-state index in [1.54, 1.807) is 19.9 Å². The van der Waals surface area contributed by atoms with Crippen molar-refractivity contribution in [3.8, 4) is 6.07 Å². The van der Waals surface area contributed by atoms with Crippen molar-refractivity contribution in [2.24, 2.45) is 11.7 Å². The van der Waals surface area contributed by atoms with E-state index in [4.69, 9.17) is 15.7 Å². The fourth-order valence-corrected chi connectivity index (χ4v) is 1.01. The van der Waals surface area contributed by atoms with E-state index in [2.05, 4.69) is 6.58 Å². The summed E-state index contributed by atoms with van der Waals surface area (Å²) < 4.78 is 4.99. The lowest BCUT2D eigenvalue weighted by Crippen LogP contribution is -2.24. The normalized spacial score (nSPS) is 13.3. The summed E-state index contributed by atoms with van der Waals surface area (Å²) in [6.45, 7) is 6.69. The fraction of sp³-hybridized carbons (Fsp3) is 0.545. The highest BCUT2D eigenvalue weighted by molar-refractivity contribution is 5.87. The largest absolute Gasteiger partial charge is 0.459 e. The summed E-state index contributed by atoms with van der Waals surface area (Å²) in [5.74, 6) is -1.95. The van der Waals surface area contributed by atoms with Crippen molar-refractivity contribution in [1.82, 2.24) is 0 Å². The maximum atomic E-state index is 11.1. The Balaban J connectivity index is 4.03. The molecule has 16 heavy (non-hydrogen) atoms. The van der Waals surface area contributed by atoms with Gasteiger partial charge in [-0.15, -0.1) is 0 Å². The molecule has 88 valence electrons. The zero-order valence-electron chi connectivity index (χ0n) is 9.53. The van der Waals surface area contributed by atoms with E-state index < -0.39 is 17.8 Å². The standard InChI is InChI=1S/C11H16N2O3/c1-7(2)11(15)16-8(3)4-5-9(6-12)10(13)14/h8-9H,1,4-5H2,2-3H3,(H2,13,14). The Morgan fingerprint density at radius 3 is 2.44 bits per heavy atom. The van der Waals surface area contributed by atoms with E-state index in [1.165, 1.54) is 0 Å². The summed E-state index contributed by atoms with van der Waals surface area (Å²) in [6, 6.07) is 1.80. The molecule has 0 heterocycles. The maximum Gasteiger partial charge on any atom is 0.333 e. The van der Waals surface area contributed by atoms with Gasteiger partial charge >= 0.3 is 5.97 Å². The number of nitrogens with zero attached hydrogens (tertiary/aromatic N) is 1. The lowest BCUT2D eigenvalue weighted by atomic mass is 10.0. The number of nitrogens with two attached hydrogens (primary N) is 1. The smallest absolute Gasteiger partial charge is 0.333 e. The molecule has 0 aromatic carbocycles. The molecular weight excluding hydrogens is 208 g/mol. The van der Waals surface area contributed by atoms with Crippen LogP contribution < -0.4 is 5.73 Å². The maximum absolute atomic E-state index is 11.1. The third-order valence-corrected chi connectivity index (χ3v) is 2.02. The highest BCUT2D eigenvalue weighted by Gasteiger charge is 2.17. The van der Waals surface area contributed by atoms with E-state index in [0.717, 1.165) is 0 Å². The molecule has 1 amide bonds. The van der Waals surface area contributed by atoms with Crippen LogP contribution in [-0.4, -0.2) is 18.0 Å². The van der Waals surface area contributed by atoms with Gasteiger partial charge in [-0.05, 0) is 26.7 Å². The number of ether oxygens (including phenoxy) is 1. The van der Waals surface area contributed by atoms with Crippen LogP contribution in [0.4, 0.5) is 0 Å². The molecule has 2 N–H and O–H groups in total. The number of hydrogen-bond donors (Lipinski definition) is 1. The minimum absolute atomic E-state index is 0.288. The summed E-state index contributed by atoms with van der Waals surface area (Å²) in [7, 11) is 0. The Labute approximate surface area is 94.9 Å². The van der Waals surface area contributed by atoms with Crippen LogP contribution in [0, 0.1) is 17.2 Å². The molecule has 0 aromatic heterocycles. The molecule has 0 rings (SSSR count). The summed E-state index contributed by atoms with van der Waals surface area (Å²) in [4.78, 5) is 21.9. The zero-order valence-corrected chi connectivity index (χ0v) is 9.53. The first-order valence-electron chi connectivity index (χ1n) is 4.94. The number of primary amides is 1. The van der Waals surface area contributed by atoms with Crippen molar-refractivity contribution in [2.75, 3.05) is 0 Å². The average Bonchev–Trinajstić information content (AvgIpc) is 2.17. The van der Waals surface area contributed by atoms with E-state index in [-0.39, 0.29) is 12.5 Å². The second kappa shape index (κ2) is 6.62. The quantitative estimate of drug-likeness (QED) is 0.535. The van der Waals surface area contributed by atoms with Crippen LogP contribution in [0.1, 0.15) is 26.7 Å². The molecule has 2 atom stereocenters. The monoisotopic (exact) mass is 224 g/mol. The van der Waals surface area contributed by atoms with Gasteiger partial charge in [0.15, 0.2) is 0 Å². The minimum atomic E-state index is -0.828.